The number of amides is 1. The molecule has 0 aromatic heterocycles. The monoisotopic (exact) mass is 261 g/mol. The van der Waals surface area contributed by atoms with Crippen LogP contribution in [0.15, 0.2) is 0 Å². The molecule has 1 aliphatic heterocycles. The number of rotatable bonds is 1. The van der Waals surface area contributed by atoms with E-state index in [0.717, 1.165) is 0 Å². The van der Waals surface area contributed by atoms with Gasteiger partial charge in [-0.05, 0) is 34.6 Å². The Labute approximate surface area is 108 Å². The lowest BCUT2D eigenvalue weighted by Crippen LogP contribution is -2.50. The lowest BCUT2D eigenvalue weighted by Gasteiger charge is -2.34. The van der Waals surface area contributed by atoms with Crippen molar-refractivity contribution in [1.29, 1.82) is 0 Å². The predicted octanol–water partition coefficient (Wildman–Crippen LogP) is 1.17. The van der Waals surface area contributed by atoms with Crippen LogP contribution in [-0.4, -0.2) is 53.5 Å². The summed E-state index contributed by atoms with van der Waals surface area (Å²) in [4.78, 5) is 21.4. The van der Waals surface area contributed by atoms with E-state index in [9.17, 15) is 9.90 Å². The molecule has 0 saturated carbocycles. The Kier molecular flexibility index (Phi) is 5.76. The maximum atomic E-state index is 12.0. The van der Waals surface area contributed by atoms with Gasteiger partial charge in [-0.25, -0.2) is 4.79 Å². The maximum Gasteiger partial charge on any atom is 0.412 e. The van der Waals surface area contributed by atoms with E-state index in [1.54, 1.807) is 13.8 Å². The first-order valence-electron chi connectivity index (χ1n) is 5.73. The highest BCUT2D eigenvalue weighted by Gasteiger charge is 2.45. The normalized spacial score (nSPS) is 22.1. The van der Waals surface area contributed by atoms with Crippen LogP contribution in [0.3, 0.4) is 0 Å². The number of aliphatic hydroxyl groups is 1. The van der Waals surface area contributed by atoms with Crippen molar-refractivity contribution in [3.8, 4) is 0 Å². The third kappa shape index (κ3) is 4.27. The minimum Gasteiger partial charge on any atom is -0.444 e. The lowest BCUT2D eigenvalue weighted by atomic mass is 10.2. The fraction of sp³-hybridized carbons (Fsp3) is 0.833. The molecule has 0 bridgehead atoms. The molecule has 106 valence electrons. The molecule has 1 atom stereocenters. The summed E-state index contributed by atoms with van der Waals surface area (Å²) in [6.07, 6.45) is -0.450. The van der Waals surface area contributed by atoms with Gasteiger partial charge in [-0.3, -0.25) is 4.90 Å². The average molecular weight is 261 g/mol. The van der Waals surface area contributed by atoms with Crippen molar-refractivity contribution in [2.75, 3.05) is 13.2 Å². The van der Waals surface area contributed by atoms with E-state index in [1.807, 2.05) is 27.6 Å². The molecule has 1 rings (SSSR count). The Balaban J connectivity index is 0.00000137. The van der Waals surface area contributed by atoms with Crippen molar-refractivity contribution in [3.63, 3.8) is 0 Å². The molecule has 0 aromatic rings. The summed E-state index contributed by atoms with van der Waals surface area (Å²) in [6.45, 7) is 11.2. The molecule has 1 aliphatic rings. The fourth-order valence-corrected chi connectivity index (χ4v) is 1.70. The van der Waals surface area contributed by atoms with Crippen LogP contribution in [0.2, 0.25) is 0 Å². The summed E-state index contributed by atoms with van der Waals surface area (Å²) in [6, 6.07) is -0.329. The van der Waals surface area contributed by atoms with Gasteiger partial charge in [-0.2, -0.15) is 0 Å². The van der Waals surface area contributed by atoms with Gasteiger partial charge in [-0.15, -0.1) is 0 Å². The van der Waals surface area contributed by atoms with E-state index in [1.165, 1.54) is 4.90 Å². The Hall–Kier alpha value is -1.14. The van der Waals surface area contributed by atoms with Crippen molar-refractivity contribution in [3.05, 3.63) is 0 Å². The number of carbonyl (C=O) groups is 2. The number of aliphatic hydroxyl groups excluding tert-OH is 1. The second-order valence-corrected chi connectivity index (χ2v) is 5.44. The Morgan fingerprint density at radius 1 is 1.50 bits per heavy atom. The van der Waals surface area contributed by atoms with Crippen LogP contribution < -0.4 is 0 Å². The number of ether oxygens (including phenoxy) is 2. The molecule has 0 radical (unpaired) electrons. The van der Waals surface area contributed by atoms with E-state index in [0.29, 0.717) is 6.61 Å². The van der Waals surface area contributed by atoms with Crippen molar-refractivity contribution < 1.29 is 24.2 Å². The standard InChI is InChI=1S/C11H21NO4.CH2O/c1-10(2,3)16-9(14)12-8(6-13)7-15-11(12,4)5;1-2/h8,13H,6-7H2,1-5H3;1H2. The van der Waals surface area contributed by atoms with Crippen LogP contribution in [0.1, 0.15) is 34.6 Å². The molecule has 1 fully saturated rings. The molecule has 1 amide bonds. The molecule has 1 heterocycles. The summed E-state index contributed by atoms with van der Waals surface area (Å²) in [5.74, 6) is 0. The molecular weight excluding hydrogens is 238 g/mol. The quantitative estimate of drug-likeness (QED) is 0.766. The van der Waals surface area contributed by atoms with E-state index < -0.39 is 17.4 Å². The number of carbonyl (C=O) groups excluding carboxylic acids is 2. The van der Waals surface area contributed by atoms with Gasteiger partial charge in [0.15, 0.2) is 0 Å². The van der Waals surface area contributed by atoms with Gasteiger partial charge in [0.05, 0.1) is 19.3 Å². The fourth-order valence-electron chi connectivity index (χ4n) is 1.70. The third-order valence-corrected chi connectivity index (χ3v) is 2.38. The molecule has 6 nitrogen and oxygen atoms in total. The number of hydrogen-bond donors (Lipinski definition) is 1. The van der Waals surface area contributed by atoms with Gasteiger partial charge in [0.25, 0.3) is 0 Å². The smallest absolute Gasteiger partial charge is 0.412 e. The highest BCUT2D eigenvalue weighted by molar-refractivity contribution is 5.69. The molecular formula is C12H23NO5. The molecule has 18 heavy (non-hydrogen) atoms. The SMILES string of the molecule is C=O.CC(C)(C)OC(=O)N1C(CO)COC1(C)C. The van der Waals surface area contributed by atoms with Crippen LogP contribution in [0.4, 0.5) is 4.79 Å². The van der Waals surface area contributed by atoms with Gasteiger partial charge < -0.3 is 19.4 Å². The summed E-state index contributed by atoms with van der Waals surface area (Å²) >= 11 is 0. The van der Waals surface area contributed by atoms with Crippen LogP contribution in [0.25, 0.3) is 0 Å². The van der Waals surface area contributed by atoms with E-state index in [4.69, 9.17) is 14.3 Å². The Morgan fingerprint density at radius 2 is 2.00 bits per heavy atom. The topological polar surface area (TPSA) is 76.1 Å². The van der Waals surface area contributed by atoms with Crippen molar-refractivity contribution >= 4 is 12.9 Å². The van der Waals surface area contributed by atoms with Crippen molar-refractivity contribution in [2.45, 2.75) is 52.0 Å². The van der Waals surface area contributed by atoms with E-state index in [-0.39, 0.29) is 12.6 Å². The zero-order valence-electron chi connectivity index (χ0n) is 11.7. The van der Waals surface area contributed by atoms with E-state index in [2.05, 4.69) is 0 Å². The molecule has 1 unspecified atom stereocenters. The number of nitrogens with zero attached hydrogens (tertiary/aromatic N) is 1. The van der Waals surface area contributed by atoms with Crippen LogP contribution in [0.5, 0.6) is 0 Å². The molecule has 0 spiro atoms. The first-order chi connectivity index (χ1) is 8.17. The van der Waals surface area contributed by atoms with Crippen LogP contribution >= 0.6 is 0 Å². The van der Waals surface area contributed by atoms with Crippen LogP contribution in [-0.2, 0) is 14.3 Å². The second kappa shape index (κ2) is 6.15. The van der Waals surface area contributed by atoms with Gasteiger partial charge in [-0.1, -0.05) is 0 Å². The molecule has 1 saturated heterocycles. The second-order valence-electron chi connectivity index (χ2n) is 5.44. The zero-order chi connectivity index (χ0) is 14.6. The van der Waals surface area contributed by atoms with Gasteiger partial charge in [0.1, 0.15) is 18.1 Å². The maximum absolute atomic E-state index is 12.0. The van der Waals surface area contributed by atoms with Gasteiger partial charge >= 0.3 is 6.09 Å². The first-order valence-corrected chi connectivity index (χ1v) is 5.73. The molecule has 6 heteroatoms. The lowest BCUT2D eigenvalue weighted by molar-refractivity contribution is -0.0980. The number of hydrogen-bond acceptors (Lipinski definition) is 5. The van der Waals surface area contributed by atoms with Crippen LogP contribution in [0, 0.1) is 0 Å². The van der Waals surface area contributed by atoms with Gasteiger partial charge in [0.2, 0.25) is 0 Å². The van der Waals surface area contributed by atoms with Gasteiger partial charge in [0, 0.05) is 0 Å². The first kappa shape index (κ1) is 16.9. The summed E-state index contributed by atoms with van der Waals surface area (Å²) in [5, 5.41) is 9.19. The van der Waals surface area contributed by atoms with Crippen molar-refractivity contribution in [2.24, 2.45) is 0 Å². The highest BCUT2D eigenvalue weighted by Crippen LogP contribution is 2.28. The molecule has 1 N–H and O–H groups in total. The predicted molar refractivity (Wildman–Crippen MR) is 66.1 cm³/mol. The average Bonchev–Trinajstić information content (AvgIpc) is 2.54. The third-order valence-electron chi connectivity index (χ3n) is 2.38. The minimum atomic E-state index is -0.726. The zero-order valence-corrected chi connectivity index (χ0v) is 11.7. The van der Waals surface area contributed by atoms with E-state index >= 15 is 0 Å². The Bertz CT molecular complexity index is 285. The minimum absolute atomic E-state index is 0.122. The molecule has 0 aromatic carbocycles. The van der Waals surface area contributed by atoms with Crippen molar-refractivity contribution in [1.82, 2.24) is 4.90 Å². The summed E-state index contributed by atoms with van der Waals surface area (Å²) in [5.41, 5.74) is -1.27. The highest BCUT2D eigenvalue weighted by atomic mass is 16.6. The summed E-state index contributed by atoms with van der Waals surface area (Å²) < 4.78 is 10.7. The Morgan fingerprint density at radius 3 is 2.39 bits per heavy atom. The summed E-state index contributed by atoms with van der Waals surface area (Å²) in [7, 11) is 0. The largest absolute Gasteiger partial charge is 0.444 e. The molecule has 0 aliphatic carbocycles.